The minimum atomic E-state index is -2.74. The Balaban J connectivity index is 1.68. The summed E-state index contributed by atoms with van der Waals surface area (Å²) < 4.78 is 28.2. The van der Waals surface area contributed by atoms with Crippen LogP contribution in [0.5, 0.6) is 0 Å². The highest BCUT2D eigenvalue weighted by Gasteiger charge is 2.30. The predicted molar refractivity (Wildman–Crippen MR) is 97.0 cm³/mol. The van der Waals surface area contributed by atoms with Gasteiger partial charge >= 0.3 is 0 Å². The van der Waals surface area contributed by atoms with Gasteiger partial charge in [-0.3, -0.25) is 9.48 Å². The van der Waals surface area contributed by atoms with E-state index in [1.807, 2.05) is 17.0 Å². The van der Waals surface area contributed by atoms with E-state index in [1.54, 1.807) is 36.3 Å². The number of nitrogens with zero attached hydrogens (tertiary/aromatic N) is 5. The van der Waals surface area contributed by atoms with Crippen molar-refractivity contribution in [2.24, 2.45) is 7.05 Å². The Bertz CT molecular complexity index is 987. The highest BCUT2D eigenvalue weighted by molar-refractivity contribution is 5.96. The number of alkyl halides is 2. The van der Waals surface area contributed by atoms with Gasteiger partial charge in [0.2, 0.25) is 0 Å². The van der Waals surface area contributed by atoms with Crippen LogP contribution in [0.4, 0.5) is 14.6 Å². The second kappa shape index (κ2) is 7.02. The summed E-state index contributed by atoms with van der Waals surface area (Å²) in [5, 5.41) is 4.76. The van der Waals surface area contributed by atoms with E-state index < -0.39 is 12.2 Å². The summed E-state index contributed by atoms with van der Waals surface area (Å²) >= 11 is 0. The molecule has 1 atom stereocenters. The van der Waals surface area contributed by atoms with Crippen LogP contribution in [0.3, 0.4) is 0 Å². The molecule has 0 saturated carbocycles. The first-order chi connectivity index (χ1) is 13.0. The third-order valence-corrected chi connectivity index (χ3v) is 4.89. The van der Waals surface area contributed by atoms with Crippen LogP contribution in [0.15, 0.2) is 36.7 Å². The van der Waals surface area contributed by atoms with Crippen molar-refractivity contribution in [3.8, 4) is 0 Å². The zero-order valence-electron chi connectivity index (χ0n) is 14.8. The van der Waals surface area contributed by atoms with Crippen LogP contribution in [-0.2, 0) is 7.05 Å². The maximum atomic E-state index is 13.3. The number of Topliss-reactive ketones (excluding diaryl/α,β-unsaturated/α-hetero) is 1. The lowest BCUT2D eigenvalue weighted by atomic mass is 10.0. The van der Waals surface area contributed by atoms with Crippen LogP contribution in [-0.4, -0.2) is 38.1 Å². The summed E-state index contributed by atoms with van der Waals surface area (Å²) in [4.78, 5) is 22.7. The molecule has 3 aromatic rings. The Kier molecular flexibility index (Phi) is 4.55. The quantitative estimate of drug-likeness (QED) is 0.642. The smallest absolute Gasteiger partial charge is 0.297 e. The van der Waals surface area contributed by atoms with Crippen molar-refractivity contribution in [2.75, 3.05) is 11.4 Å². The highest BCUT2D eigenvalue weighted by atomic mass is 19.3. The number of para-hydroxylation sites is 1. The molecule has 0 bridgehead atoms. The Hall–Kier alpha value is -2.90. The van der Waals surface area contributed by atoms with Crippen molar-refractivity contribution >= 4 is 22.5 Å². The van der Waals surface area contributed by atoms with E-state index in [0.717, 1.165) is 18.2 Å². The van der Waals surface area contributed by atoms with Crippen LogP contribution < -0.4 is 4.90 Å². The van der Waals surface area contributed by atoms with Gasteiger partial charge in [0.05, 0.1) is 17.3 Å². The molecule has 1 aromatic carbocycles. The lowest BCUT2D eigenvalue weighted by molar-refractivity contribution is 0.0974. The zero-order chi connectivity index (χ0) is 19.0. The number of fused-ring (bicyclic) bond motifs is 1. The zero-order valence-corrected chi connectivity index (χ0v) is 14.8. The number of benzene rings is 1. The molecule has 4 rings (SSSR count). The average molecular weight is 371 g/mol. The SMILES string of the molecule is Cn1cc(C(=O)CC2CCCN2c2nc(C(F)F)nc3ccccc23)cn1. The minimum absolute atomic E-state index is 0.00700. The molecule has 6 nitrogen and oxygen atoms in total. The van der Waals surface area contributed by atoms with Gasteiger partial charge in [0.1, 0.15) is 5.82 Å². The minimum Gasteiger partial charge on any atom is -0.353 e. The van der Waals surface area contributed by atoms with Gasteiger partial charge in [-0.05, 0) is 25.0 Å². The standard InChI is InChI=1S/C19H19F2N5O/c1-25-11-12(10-22-25)16(27)9-13-5-4-8-26(13)19-14-6-2-3-7-15(14)23-18(24-19)17(20)21/h2-3,6-7,10-11,13,17H,4-5,8-9H2,1H3. The number of ketones is 1. The fourth-order valence-electron chi connectivity index (χ4n) is 3.62. The van der Waals surface area contributed by atoms with Crippen molar-refractivity contribution in [1.82, 2.24) is 19.7 Å². The number of aryl methyl sites for hydroxylation is 1. The Labute approximate surface area is 154 Å². The van der Waals surface area contributed by atoms with Crippen molar-refractivity contribution in [3.05, 3.63) is 48.0 Å². The second-order valence-electron chi connectivity index (χ2n) is 6.74. The third-order valence-electron chi connectivity index (χ3n) is 4.89. The molecule has 8 heteroatoms. The fourth-order valence-corrected chi connectivity index (χ4v) is 3.62. The molecule has 1 unspecified atom stereocenters. The van der Waals surface area contributed by atoms with Crippen molar-refractivity contribution in [3.63, 3.8) is 0 Å². The van der Waals surface area contributed by atoms with Gasteiger partial charge in [0.15, 0.2) is 11.6 Å². The first-order valence-corrected chi connectivity index (χ1v) is 8.86. The van der Waals surface area contributed by atoms with Crippen LogP contribution in [0.2, 0.25) is 0 Å². The molecule has 1 fully saturated rings. The van der Waals surface area contributed by atoms with Crippen molar-refractivity contribution in [2.45, 2.75) is 31.7 Å². The number of hydrogen-bond acceptors (Lipinski definition) is 5. The van der Waals surface area contributed by atoms with Crippen LogP contribution in [0.25, 0.3) is 10.9 Å². The van der Waals surface area contributed by atoms with Gasteiger partial charge in [0.25, 0.3) is 6.43 Å². The van der Waals surface area contributed by atoms with Crippen molar-refractivity contribution < 1.29 is 13.6 Å². The molecule has 140 valence electrons. The van der Waals surface area contributed by atoms with Gasteiger partial charge in [-0.25, -0.2) is 18.7 Å². The molecule has 1 aliphatic rings. The fraction of sp³-hybridized carbons (Fsp3) is 0.368. The van der Waals surface area contributed by atoms with Crippen LogP contribution in [0.1, 0.15) is 41.9 Å². The second-order valence-corrected chi connectivity index (χ2v) is 6.74. The number of carbonyl (C=O) groups is 1. The molecule has 3 heterocycles. The maximum absolute atomic E-state index is 13.3. The molecule has 0 spiro atoms. The lowest BCUT2D eigenvalue weighted by Gasteiger charge is -2.26. The van der Waals surface area contributed by atoms with E-state index in [2.05, 4.69) is 15.1 Å². The molecule has 0 N–H and O–H groups in total. The first-order valence-electron chi connectivity index (χ1n) is 8.86. The van der Waals surface area contributed by atoms with Gasteiger partial charge in [-0.1, -0.05) is 12.1 Å². The number of anilines is 1. The van der Waals surface area contributed by atoms with E-state index in [0.29, 0.717) is 29.9 Å². The molecule has 0 amide bonds. The van der Waals surface area contributed by atoms with Gasteiger partial charge in [-0.2, -0.15) is 5.10 Å². The Morgan fingerprint density at radius 1 is 1.30 bits per heavy atom. The predicted octanol–water partition coefficient (Wildman–Crippen LogP) is 3.54. The number of halogens is 2. The molecule has 0 aliphatic carbocycles. The summed E-state index contributed by atoms with van der Waals surface area (Å²) in [6.07, 6.45) is 2.49. The largest absolute Gasteiger partial charge is 0.353 e. The summed E-state index contributed by atoms with van der Waals surface area (Å²) in [5.74, 6) is -0.00207. The van der Waals surface area contributed by atoms with E-state index in [1.165, 1.54) is 0 Å². The summed E-state index contributed by atoms with van der Waals surface area (Å²) in [5.41, 5.74) is 1.05. The van der Waals surface area contributed by atoms with Crippen LogP contribution in [0, 0.1) is 0 Å². The number of aromatic nitrogens is 4. The highest BCUT2D eigenvalue weighted by Crippen LogP contribution is 2.33. The number of rotatable bonds is 5. The molecule has 2 aromatic heterocycles. The average Bonchev–Trinajstić information content (AvgIpc) is 3.29. The molecule has 27 heavy (non-hydrogen) atoms. The summed E-state index contributed by atoms with van der Waals surface area (Å²) in [7, 11) is 1.76. The lowest BCUT2D eigenvalue weighted by Crippen LogP contribution is -2.32. The Morgan fingerprint density at radius 2 is 2.11 bits per heavy atom. The number of hydrogen-bond donors (Lipinski definition) is 0. The maximum Gasteiger partial charge on any atom is 0.297 e. The monoisotopic (exact) mass is 371 g/mol. The van der Waals surface area contributed by atoms with E-state index in [4.69, 9.17) is 0 Å². The van der Waals surface area contributed by atoms with E-state index in [9.17, 15) is 13.6 Å². The van der Waals surface area contributed by atoms with E-state index in [-0.39, 0.29) is 11.8 Å². The normalized spacial score (nSPS) is 17.2. The summed E-state index contributed by atoms with van der Waals surface area (Å²) in [6, 6.07) is 7.06. The van der Waals surface area contributed by atoms with Gasteiger partial charge in [0, 0.05) is 37.6 Å². The molecule has 1 aliphatic heterocycles. The van der Waals surface area contributed by atoms with E-state index >= 15 is 0 Å². The van der Waals surface area contributed by atoms with Gasteiger partial charge in [-0.15, -0.1) is 0 Å². The molecular weight excluding hydrogens is 352 g/mol. The third kappa shape index (κ3) is 3.39. The topological polar surface area (TPSA) is 63.9 Å². The van der Waals surface area contributed by atoms with Crippen LogP contribution >= 0.6 is 0 Å². The Morgan fingerprint density at radius 3 is 2.85 bits per heavy atom. The molecular formula is C19H19F2N5O. The summed E-state index contributed by atoms with van der Waals surface area (Å²) in [6.45, 7) is 0.675. The van der Waals surface area contributed by atoms with Crippen molar-refractivity contribution in [1.29, 1.82) is 0 Å². The molecule has 1 saturated heterocycles. The van der Waals surface area contributed by atoms with Gasteiger partial charge < -0.3 is 4.90 Å². The number of carbonyl (C=O) groups excluding carboxylic acids is 1. The molecule has 0 radical (unpaired) electrons. The first kappa shape index (κ1) is 17.5.